The topological polar surface area (TPSA) is 76.2 Å². The standard InChI is InChI=1S/C28H34N2O5/c1-34-17-9-16-30-26(32)19-28(27(30)33,23-13-6-7-14-24(23)35-2)18-25(31)29-15-8-12-22(20-29)21-10-4-3-5-11-21/h3-7,10-11,13-14,22H,8-9,12,15-20H2,1-2H3/t22-,28+/m1/s1. The number of amides is 3. The SMILES string of the molecule is COCCCN1C(=O)C[C@@](CC(=O)N2CCC[C@@H](c3ccccc3)C2)(c2ccccc2OC)C1=O. The number of methoxy groups -OCH3 is 2. The van der Waals surface area contributed by atoms with E-state index in [4.69, 9.17) is 9.47 Å². The maximum atomic E-state index is 13.8. The van der Waals surface area contributed by atoms with E-state index in [0.717, 1.165) is 12.8 Å². The third-order valence-electron chi connectivity index (χ3n) is 7.26. The van der Waals surface area contributed by atoms with Gasteiger partial charge in [-0.3, -0.25) is 19.3 Å². The molecule has 2 aromatic rings. The van der Waals surface area contributed by atoms with Crippen LogP contribution in [0.3, 0.4) is 0 Å². The number of para-hydroxylation sites is 1. The van der Waals surface area contributed by atoms with Crippen LogP contribution in [0.1, 0.15) is 49.1 Å². The van der Waals surface area contributed by atoms with Crippen molar-refractivity contribution in [2.24, 2.45) is 0 Å². The van der Waals surface area contributed by atoms with Gasteiger partial charge in [-0.15, -0.1) is 0 Å². The summed E-state index contributed by atoms with van der Waals surface area (Å²) in [5.41, 5.74) is 0.550. The van der Waals surface area contributed by atoms with Crippen LogP contribution in [0, 0.1) is 0 Å². The fourth-order valence-electron chi connectivity index (χ4n) is 5.45. The normalized spacial score (nSPS) is 22.5. The number of carbonyl (C=O) groups excluding carboxylic acids is 3. The van der Waals surface area contributed by atoms with Gasteiger partial charge in [0.15, 0.2) is 0 Å². The lowest BCUT2D eigenvalue weighted by atomic mass is 9.75. The molecule has 0 aromatic heterocycles. The highest BCUT2D eigenvalue weighted by Crippen LogP contribution is 2.44. The maximum absolute atomic E-state index is 13.8. The number of ether oxygens (including phenoxy) is 2. The predicted molar refractivity (Wildman–Crippen MR) is 132 cm³/mol. The molecule has 0 radical (unpaired) electrons. The number of carbonyl (C=O) groups is 3. The molecule has 4 rings (SSSR count). The molecule has 7 nitrogen and oxygen atoms in total. The van der Waals surface area contributed by atoms with Gasteiger partial charge in [0.1, 0.15) is 5.75 Å². The van der Waals surface area contributed by atoms with E-state index in [1.165, 1.54) is 10.5 Å². The highest BCUT2D eigenvalue weighted by molar-refractivity contribution is 6.11. The van der Waals surface area contributed by atoms with Crippen LogP contribution in [0.4, 0.5) is 0 Å². The summed E-state index contributed by atoms with van der Waals surface area (Å²) in [6.45, 7) is 2.00. The molecule has 0 aliphatic carbocycles. The summed E-state index contributed by atoms with van der Waals surface area (Å²) < 4.78 is 10.7. The Kier molecular flexibility index (Phi) is 7.86. The van der Waals surface area contributed by atoms with Gasteiger partial charge >= 0.3 is 0 Å². The number of hydrogen-bond acceptors (Lipinski definition) is 5. The summed E-state index contributed by atoms with van der Waals surface area (Å²) in [7, 11) is 3.13. The number of benzene rings is 2. The van der Waals surface area contributed by atoms with E-state index in [-0.39, 0.29) is 43.0 Å². The summed E-state index contributed by atoms with van der Waals surface area (Å²) in [6, 6.07) is 17.5. The monoisotopic (exact) mass is 478 g/mol. The molecule has 35 heavy (non-hydrogen) atoms. The average Bonchev–Trinajstić information content (AvgIpc) is 3.14. The minimum atomic E-state index is -1.27. The Bertz CT molecular complexity index is 1060. The number of imide groups is 1. The first-order chi connectivity index (χ1) is 17.0. The lowest BCUT2D eigenvalue weighted by Gasteiger charge is -2.36. The van der Waals surface area contributed by atoms with Gasteiger partial charge in [0.2, 0.25) is 17.7 Å². The molecular formula is C28H34N2O5. The summed E-state index contributed by atoms with van der Waals surface area (Å²) in [5.74, 6) is 0.0960. The van der Waals surface area contributed by atoms with Crippen LogP contribution in [0.15, 0.2) is 54.6 Å². The Hall–Kier alpha value is -3.19. The Labute approximate surface area is 207 Å². The minimum absolute atomic E-state index is 0.0408. The van der Waals surface area contributed by atoms with Crippen LogP contribution in [-0.2, 0) is 24.5 Å². The quantitative estimate of drug-likeness (QED) is 0.407. The Balaban J connectivity index is 1.62. The fourth-order valence-corrected chi connectivity index (χ4v) is 5.45. The molecule has 0 N–H and O–H groups in total. The fraction of sp³-hybridized carbons (Fsp3) is 0.464. The van der Waals surface area contributed by atoms with Gasteiger partial charge in [-0.1, -0.05) is 48.5 Å². The first kappa shape index (κ1) is 24.9. The third-order valence-corrected chi connectivity index (χ3v) is 7.26. The van der Waals surface area contributed by atoms with Gasteiger partial charge < -0.3 is 14.4 Å². The number of likely N-dealkylation sites (tertiary alicyclic amines) is 2. The highest BCUT2D eigenvalue weighted by atomic mass is 16.5. The zero-order valence-corrected chi connectivity index (χ0v) is 20.6. The molecule has 0 spiro atoms. The second-order valence-corrected chi connectivity index (χ2v) is 9.42. The van der Waals surface area contributed by atoms with E-state index in [2.05, 4.69) is 12.1 Å². The van der Waals surface area contributed by atoms with Gasteiger partial charge in [-0.05, 0) is 30.9 Å². The molecule has 186 valence electrons. The van der Waals surface area contributed by atoms with Crippen molar-refractivity contribution in [3.05, 3.63) is 65.7 Å². The zero-order chi connectivity index (χ0) is 24.8. The van der Waals surface area contributed by atoms with E-state index in [1.807, 2.05) is 35.2 Å². The lowest BCUT2D eigenvalue weighted by Crippen LogP contribution is -2.46. The van der Waals surface area contributed by atoms with Gasteiger partial charge in [0.25, 0.3) is 0 Å². The highest BCUT2D eigenvalue weighted by Gasteiger charge is 2.55. The van der Waals surface area contributed by atoms with E-state index in [9.17, 15) is 14.4 Å². The summed E-state index contributed by atoms with van der Waals surface area (Å²) in [5, 5.41) is 0. The molecule has 0 unspecified atom stereocenters. The first-order valence-corrected chi connectivity index (χ1v) is 12.3. The Morgan fingerprint density at radius 1 is 1.06 bits per heavy atom. The molecule has 0 bridgehead atoms. The van der Waals surface area contributed by atoms with Crippen LogP contribution < -0.4 is 4.74 Å². The molecule has 2 aromatic carbocycles. The number of hydrogen-bond donors (Lipinski definition) is 0. The van der Waals surface area contributed by atoms with Crippen molar-refractivity contribution in [3.8, 4) is 5.75 Å². The van der Waals surface area contributed by atoms with Crippen LogP contribution in [0.25, 0.3) is 0 Å². The van der Waals surface area contributed by atoms with Gasteiger partial charge in [0, 0.05) is 57.7 Å². The molecule has 2 saturated heterocycles. The molecule has 2 aliphatic heterocycles. The van der Waals surface area contributed by atoms with Crippen molar-refractivity contribution in [1.29, 1.82) is 0 Å². The van der Waals surface area contributed by atoms with Crippen molar-refractivity contribution < 1.29 is 23.9 Å². The molecule has 2 atom stereocenters. The van der Waals surface area contributed by atoms with Crippen molar-refractivity contribution in [3.63, 3.8) is 0 Å². The summed E-state index contributed by atoms with van der Waals surface area (Å²) >= 11 is 0. The van der Waals surface area contributed by atoms with Crippen molar-refractivity contribution >= 4 is 17.7 Å². The largest absolute Gasteiger partial charge is 0.496 e. The number of rotatable bonds is 9. The minimum Gasteiger partial charge on any atom is -0.496 e. The molecule has 2 aliphatic rings. The van der Waals surface area contributed by atoms with Crippen molar-refractivity contribution in [2.75, 3.05) is 40.5 Å². The van der Waals surface area contributed by atoms with Gasteiger partial charge in [-0.2, -0.15) is 0 Å². The summed E-state index contributed by atoms with van der Waals surface area (Å²) in [4.78, 5) is 43.8. The molecule has 7 heteroatoms. The molecule has 2 heterocycles. The van der Waals surface area contributed by atoms with E-state index < -0.39 is 5.41 Å². The lowest BCUT2D eigenvalue weighted by molar-refractivity contribution is -0.143. The Morgan fingerprint density at radius 3 is 2.54 bits per heavy atom. The number of piperidine rings is 1. The second kappa shape index (κ2) is 11.0. The molecule has 3 amide bonds. The molecule has 2 fully saturated rings. The van der Waals surface area contributed by atoms with Crippen LogP contribution in [0.5, 0.6) is 5.75 Å². The van der Waals surface area contributed by atoms with Gasteiger partial charge in [-0.25, -0.2) is 0 Å². The van der Waals surface area contributed by atoms with E-state index in [1.54, 1.807) is 26.4 Å². The number of nitrogens with zero attached hydrogens (tertiary/aromatic N) is 2. The average molecular weight is 479 g/mol. The maximum Gasteiger partial charge on any atom is 0.241 e. The first-order valence-electron chi connectivity index (χ1n) is 12.3. The summed E-state index contributed by atoms with van der Waals surface area (Å²) in [6.07, 6.45) is 2.38. The molecular weight excluding hydrogens is 444 g/mol. The van der Waals surface area contributed by atoms with Crippen LogP contribution >= 0.6 is 0 Å². The smallest absolute Gasteiger partial charge is 0.241 e. The van der Waals surface area contributed by atoms with Crippen molar-refractivity contribution in [1.82, 2.24) is 9.80 Å². The Morgan fingerprint density at radius 2 is 1.80 bits per heavy atom. The van der Waals surface area contributed by atoms with E-state index >= 15 is 0 Å². The molecule has 0 saturated carbocycles. The third kappa shape index (κ3) is 5.10. The van der Waals surface area contributed by atoms with E-state index in [0.29, 0.717) is 37.4 Å². The predicted octanol–water partition coefficient (Wildman–Crippen LogP) is 3.52. The second-order valence-electron chi connectivity index (χ2n) is 9.42. The van der Waals surface area contributed by atoms with Crippen LogP contribution in [0.2, 0.25) is 0 Å². The van der Waals surface area contributed by atoms with Crippen molar-refractivity contribution in [2.45, 2.75) is 43.4 Å². The van der Waals surface area contributed by atoms with Crippen LogP contribution in [-0.4, -0.2) is 68.0 Å². The zero-order valence-electron chi connectivity index (χ0n) is 20.6. The van der Waals surface area contributed by atoms with Gasteiger partial charge in [0.05, 0.1) is 12.5 Å².